The van der Waals surface area contributed by atoms with Crippen molar-refractivity contribution in [3.8, 4) is 11.1 Å². The molecule has 0 saturated heterocycles. The van der Waals surface area contributed by atoms with Crippen molar-refractivity contribution in [3.63, 3.8) is 0 Å². The molecule has 0 unspecified atom stereocenters. The Hall–Kier alpha value is -4.82. The molecule has 0 aliphatic heterocycles. The Morgan fingerprint density at radius 1 is 0.870 bits per heavy atom. The van der Waals surface area contributed by atoms with E-state index in [0.29, 0.717) is 23.9 Å². The first-order valence-electron chi connectivity index (χ1n) is 15.5. The molecule has 1 aromatic heterocycles. The second-order valence-electron chi connectivity index (χ2n) is 11.5. The topological polar surface area (TPSA) is 88.8 Å². The van der Waals surface area contributed by atoms with Gasteiger partial charge in [0.2, 0.25) is 6.41 Å². The molecule has 1 aliphatic carbocycles. The summed E-state index contributed by atoms with van der Waals surface area (Å²) in [6.07, 6.45) is 3.21. The lowest BCUT2D eigenvalue weighted by atomic mass is 9.98. The molecular formula is C38H36N2O5S. The lowest BCUT2D eigenvalue weighted by Crippen LogP contribution is -2.47. The van der Waals surface area contributed by atoms with Gasteiger partial charge < -0.3 is 9.84 Å². The summed E-state index contributed by atoms with van der Waals surface area (Å²) < 4.78 is 7.43. The summed E-state index contributed by atoms with van der Waals surface area (Å²) in [5.74, 6) is 0.532. The maximum atomic E-state index is 13.9. The predicted molar refractivity (Wildman–Crippen MR) is 183 cm³/mol. The zero-order valence-electron chi connectivity index (χ0n) is 25.5. The third-order valence-electron chi connectivity index (χ3n) is 8.63. The van der Waals surface area contributed by atoms with E-state index in [1.54, 1.807) is 6.20 Å². The number of carboxylic acid groups (broad SMARTS) is 1. The van der Waals surface area contributed by atoms with Gasteiger partial charge >= 0.3 is 12.1 Å². The SMILES string of the molecule is O=Cn1cc(C[C@@H](C(=O)O)N(CCCCSCc2ccccc2)C(=O)OCC2c3ccccc3-c3ccccc32)c2ccccc21. The molecule has 6 rings (SSSR count). The molecule has 0 bridgehead atoms. The highest BCUT2D eigenvalue weighted by atomic mass is 32.2. The third kappa shape index (κ3) is 6.72. The molecule has 0 spiro atoms. The van der Waals surface area contributed by atoms with Crippen LogP contribution >= 0.6 is 11.8 Å². The highest BCUT2D eigenvalue weighted by Crippen LogP contribution is 2.44. The number of aromatic nitrogens is 1. The monoisotopic (exact) mass is 632 g/mol. The number of carbonyl (C=O) groups excluding carboxylic acids is 2. The minimum atomic E-state index is -1.17. The predicted octanol–water partition coefficient (Wildman–Crippen LogP) is 7.64. The molecular weight excluding hydrogens is 596 g/mol. The van der Waals surface area contributed by atoms with Gasteiger partial charge in [-0.15, -0.1) is 0 Å². The number of para-hydroxylation sites is 1. The van der Waals surface area contributed by atoms with Crippen molar-refractivity contribution in [1.29, 1.82) is 0 Å². The number of unbranched alkanes of at least 4 members (excludes halogenated alkanes) is 1. The fourth-order valence-electron chi connectivity index (χ4n) is 6.37. The lowest BCUT2D eigenvalue weighted by Gasteiger charge is -2.29. The molecule has 5 aromatic rings. The molecule has 7 nitrogen and oxygen atoms in total. The van der Waals surface area contributed by atoms with Gasteiger partial charge in [0.25, 0.3) is 0 Å². The van der Waals surface area contributed by atoms with Crippen molar-refractivity contribution in [1.82, 2.24) is 9.47 Å². The number of carboxylic acids is 1. The molecule has 234 valence electrons. The summed E-state index contributed by atoms with van der Waals surface area (Å²) in [4.78, 5) is 39.8. The van der Waals surface area contributed by atoms with E-state index < -0.39 is 18.1 Å². The first kappa shape index (κ1) is 31.2. The van der Waals surface area contributed by atoms with Gasteiger partial charge in [-0.3, -0.25) is 14.3 Å². The van der Waals surface area contributed by atoms with Crippen LogP contribution in [-0.2, 0) is 26.5 Å². The number of hydrogen-bond donors (Lipinski definition) is 1. The third-order valence-corrected chi connectivity index (χ3v) is 9.75. The van der Waals surface area contributed by atoms with Gasteiger partial charge in [-0.25, -0.2) is 9.59 Å². The quantitative estimate of drug-likeness (QED) is 0.100. The van der Waals surface area contributed by atoms with Gasteiger partial charge in [-0.1, -0.05) is 97.1 Å². The summed E-state index contributed by atoms with van der Waals surface area (Å²) in [5, 5.41) is 11.2. The molecule has 8 heteroatoms. The molecule has 1 atom stereocenters. The number of rotatable bonds is 14. The highest BCUT2D eigenvalue weighted by molar-refractivity contribution is 7.98. The van der Waals surface area contributed by atoms with Gasteiger partial charge in [0.05, 0.1) is 5.52 Å². The Morgan fingerprint density at radius 2 is 1.52 bits per heavy atom. The average molecular weight is 633 g/mol. The van der Waals surface area contributed by atoms with Crippen LogP contribution in [0.2, 0.25) is 0 Å². The molecule has 4 aromatic carbocycles. The average Bonchev–Trinajstić information content (AvgIpc) is 3.61. The maximum Gasteiger partial charge on any atom is 0.410 e. The van der Waals surface area contributed by atoms with E-state index in [1.165, 1.54) is 15.0 Å². The Balaban J connectivity index is 1.19. The van der Waals surface area contributed by atoms with E-state index in [2.05, 4.69) is 36.4 Å². The van der Waals surface area contributed by atoms with Crippen molar-refractivity contribution < 1.29 is 24.2 Å². The van der Waals surface area contributed by atoms with E-state index in [0.717, 1.165) is 45.6 Å². The van der Waals surface area contributed by atoms with Gasteiger partial charge in [0.15, 0.2) is 0 Å². The van der Waals surface area contributed by atoms with Gasteiger partial charge in [-0.2, -0.15) is 11.8 Å². The lowest BCUT2D eigenvalue weighted by molar-refractivity contribution is -0.142. The molecule has 0 radical (unpaired) electrons. The van der Waals surface area contributed by atoms with Crippen LogP contribution in [0.5, 0.6) is 0 Å². The van der Waals surface area contributed by atoms with Crippen LogP contribution in [0.1, 0.15) is 41.0 Å². The van der Waals surface area contributed by atoms with Crippen molar-refractivity contribution in [2.45, 2.75) is 37.0 Å². The number of amides is 1. The minimum Gasteiger partial charge on any atom is -0.480 e. The number of nitrogens with zero attached hydrogens (tertiary/aromatic N) is 2. The summed E-state index contributed by atoms with van der Waals surface area (Å²) in [6.45, 7) is 0.346. The first-order valence-corrected chi connectivity index (χ1v) is 16.7. The van der Waals surface area contributed by atoms with Crippen LogP contribution in [-0.4, -0.2) is 58.0 Å². The Kier molecular flexibility index (Phi) is 9.84. The maximum absolute atomic E-state index is 13.9. The normalized spacial score (nSPS) is 12.8. The highest BCUT2D eigenvalue weighted by Gasteiger charge is 2.34. The molecule has 46 heavy (non-hydrogen) atoms. The zero-order chi connectivity index (χ0) is 31.9. The van der Waals surface area contributed by atoms with E-state index in [-0.39, 0.29) is 25.5 Å². The largest absolute Gasteiger partial charge is 0.480 e. The Morgan fingerprint density at radius 3 is 2.22 bits per heavy atom. The van der Waals surface area contributed by atoms with E-state index in [9.17, 15) is 19.5 Å². The second-order valence-corrected chi connectivity index (χ2v) is 12.6. The van der Waals surface area contributed by atoms with Crippen molar-refractivity contribution in [2.24, 2.45) is 0 Å². The fourth-order valence-corrected chi connectivity index (χ4v) is 7.35. The summed E-state index contributed by atoms with van der Waals surface area (Å²) >= 11 is 1.82. The van der Waals surface area contributed by atoms with Crippen LogP contribution in [0, 0.1) is 0 Å². The van der Waals surface area contributed by atoms with E-state index in [1.807, 2.05) is 78.5 Å². The van der Waals surface area contributed by atoms with Crippen molar-refractivity contribution >= 4 is 41.1 Å². The standard InChI is InChI=1S/C38H36N2O5S/c41-26-39-23-28(29-14-8-9-19-35(29)39)22-36(37(42)43)40(20-10-11-21-46-25-27-12-2-1-3-13-27)38(44)45-24-34-32-17-6-4-15-30(32)31-16-5-7-18-33(31)34/h1-9,12-19,23,26,34,36H,10-11,20-22,24-25H2,(H,42,43)/t36-/m0/s1. The van der Waals surface area contributed by atoms with Crippen LogP contribution in [0.3, 0.4) is 0 Å². The summed E-state index contributed by atoms with van der Waals surface area (Å²) in [6, 6.07) is 32.7. The van der Waals surface area contributed by atoms with Crippen LogP contribution in [0.25, 0.3) is 22.0 Å². The Bertz CT molecular complexity index is 1790. The van der Waals surface area contributed by atoms with E-state index in [4.69, 9.17) is 4.74 Å². The van der Waals surface area contributed by atoms with Crippen LogP contribution in [0.4, 0.5) is 4.79 Å². The first-order chi connectivity index (χ1) is 22.5. The molecule has 1 aliphatic rings. The molecule has 1 heterocycles. The van der Waals surface area contributed by atoms with Gasteiger partial charge in [-0.05, 0) is 58.0 Å². The van der Waals surface area contributed by atoms with Crippen LogP contribution in [0.15, 0.2) is 109 Å². The molecule has 0 saturated carbocycles. The minimum absolute atomic E-state index is 0.0453. The smallest absolute Gasteiger partial charge is 0.410 e. The molecule has 1 amide bonds. The number of hydrogen-bond acceptors (Lipinski definition) is 5. The number of fused-ring (bicyclic) bond motifs is 4. The summed E-state index contributed by atoms with van der Waals surface area (Å²) in [5.41, 5.74) is 7.07. The molecule has 1 N–H and O–H groups in total. The number of benzene rings is 4. The number of carbonyl (C=O) groups is 3. The van der Waals surface area contributed by atoms with Crippen molar-refractivity contribution in [3.05, 3.63) is 132 Å². The fraction of sp³-hybridized carbons (Fsp3) is 0.237. The van der Waals surface area contributed by atoms with Crippen LogP contribution < -0.4 is 0 Å². The van der Waals surface area contributed by atoms with Gasteiger partial charge in [0, 0.05) is 36.2 Å². The van der Waals surface area contributed by atoms with Crippen molar-refractivity contribution in [2.75, 3.05) is 18.9 Å². The van der Waals surface area contributed by atoms with E-state index >= 15 is 0 Å². The Labute approximate surface area is 272 Å². The number of thioether (sulfide) groups is 1. The second kappa shape index (κ2) is 14.5. The zero-order valence-corrected chi connectivity index (χ0v) is 26.3. The van der Waals surface area contributed by atoms with Gasteiger partial charge in [0.1, 0.15) is 12.6 Å². The summed E-state index contributed by atoms with van der Waals surface area (Å²) in [7, 11) is 0. The number of ether oxygens (including phenoxy) is 1. The number of aliphatic carboxylic acids is 1. The molecule has 0 fully saturated rings.